The Labute approximate surface area is 333 Å². The highest BCUT2D eigenvalue weighted by Crippen LogP contribution is 2.43. The summed E-state index contributed by atoms with van der Waals surface area (Å²) < 4.78 is 11.9. The highest BCUT2D eigenvalue weighted by Gasteiger charge is 2.32. The molecule has 3 N–H and O–H groups in total. The SMILES string of the molecule is C1=CCC(C2NC(c3ccccc3)NC(c3ccc4sc5cc(-c6cccc7c6oc6c(-n8c9ccccc9c9ccccc98)cccc67)ccc5c4c3)N2)C=C1. The first-order valence-corrected chi connectivity index (χ1v) is 20.6. The van der Waals surface area contributed by atoms with E-state index in [0.29, 0.717) is 5.92 Å². The van der Waals surface area contributed by atoms with Gasteiger partial charge in [-0.05, 0) is 59.5 Å². The number of hydrogen-bond donors (Lipinski definition) is 3. The third-order valence-corrected chi connectivity index (χ3v) is 13.2. The van der Waals surface area contributed by atoms with Gasteiger partial charge in [0.2, 0.25) is 0 Å². The average Bonchev–Trinajstić information content (AvgIpc) is 3.96. The van der Waals surface area contributed by atoms with Gasteiger partial charge in [-0.2, -0.15) is 0 Å². The van der Waals surface area contributed by atoms with Gasteiger partial charge in [0.15, 0.2) is 5.58 Å². The summed E-state index contributed by atoms with van der Waals surface area (Å²) in [5, 5.41) is 18.9. The molecule has 57 heavy (non-hydrogen) atoms. The molecule has 2 aliphatic rings. The standard InChI is InChI=1S/C51H38N4OS/c1-3-13-31(14-4-1)49-52-50(32-15-5-2-6-16-32)54-51(53-49)34-26-28-45-41(29-34)38-27-25-33(30-46(38)57-45)35-19-11-20-39-40-21-12-24-44(48(40)56-47(35)39)55-42-22-9-7-17-36(42)37-18-8-10-23-43(37)55/h1-15,17-30,32,49-54H,16H2. The third kappa shape index (κ3) is 5.33. The fourth-order valence-electron chi connectivity index (χ4n) is 9.33. The Morgan fingerprint density at radius 1 is 0.526 bits per heavy atom. The van der Waals surface area contributed by atoms with Crippen molar-refractivity contribution in [2.75, 3.05) is 0 Å². The summed E-state index contributed by atoms with van der Waals surface area (Å²) in [5.74, 6) is 0.367. The average molecular weight is 755 g/mol. The molecule has 4 heterocycles. The van der Waals surface area contributed by atoms with Crippen LogP contribution in [-0.4, -0.2) is 10.7 Å². The number of furan rings is 1. The minimum absolute atomic E-state index is 0.0162. The lowest BCUT2D eigenvalue weighted by Crippen LogP contribution is -2.61. The predicted octanol–water partition coefficient (Wildman–Crippen LogP) is 12.7. The van der Waals surface area contributed by atoms with E-state index in [4.69, 9.17) is 4.42 Å². The first-order chi connectivity index (χ1) is 28.2. The van der Waals surface area contributed by atoms with Crippen molar-refractivity contribution in [3.05, 3.63) is 187 Å². The Hall–Kier alpha value is -6.28. The van der Waals surface area contributed by atoms with Gasteiger partial charge in [-0.15, -0.1) is 11.3 Å². The second-order valence-electron chi connectivity index (χ2n) is 15.3. The van der Waals surface area contributed by atoms with Crippen LogP contribution in [0.3, 0.4) is 0 Å². The lowest BCUT2D eigenvalue weighted by molar-refractivity contribution is 0.170. The Morgan fingerprint density at radius 3 is 2.04 bits per heavy atom. The van der Waals surface area contributed by atoms with Crippen molar-refractivity contribution in [2.24, 2.45) is 5.92 Å². The molecule has 0 bridgehead atoms. The van der Waals surface area contributed by atoms with Crippen LogP contribution in [0.5, 0.6) is 0 Å². The van der Waals surface area contributed by atoms with Crippen molar-refractivity contribution in [1.82, 2.24) is 20.5 Å². The van der Waals surface area contributed by atoms with E-state index in [2.05, 4.69) is 196 Å². The number of thiophene rings is 1. The zero-order valence-corrected chi connectivity index (χ0v) is 31.8. The van der Waals surface area contributed by atoms with Crippen LogP contribution in [0.4, 0.5) is 0 Å². The van der Waals surface area contributed by atoms with E-state index in [9.17, 15) is 0 Å². The van der Waals surface area contributed by atoms with E-state index in [-0.39, 0.29) is 18.5 Å². The molecule has 1 aliphatic heterocycles. The van der Waals surface area contributed by atoms with Crippen LogP contribution in [0.25, 0.3) is 80.7 Å². The molecule has 1 fully saturated rings. The van der Waals surface area contributed by atoms with E-state index in [0.717, 1.165) is 45.2 Å². The second-order valence-corrected chi connectivity index (χ2v) is 16.4. The summed E-state index contributed by atoms with van der Waals surface area (Å²) in [4.78, 5) is 0. The zero-order valence-electron chi connectivity index (χ0n) is 31.0. The largest absolute Gasteiger partial charge is 0.453 e. The minimum Gasteiger partial charge on any atom is -0.453 e. The Bertz CT molecular complexity index is 3190. The maximum Gasteiger partial charge on any atom is 0.159 e. The van der Waals surface area contributed by atoms with Crippen LogP contribution < -0.4 is 16.0 Å². The van der Waals surface area contributed by atoms with Crippen molar-refractivity contribution < 1.29 is 4.42 Å². The summed E-state index contributed by atoms with van der Waals surface area (Å²) in [6, 6.07) is 55.0. The molecule has 1 aliphatic carbocycles. The van der Waals surface area contributed by atoms with Crippen molar-refractivity contribution in [3.8, 4) is 16.8 Å². The number of rotatable bonds is 5. The normalized spacial score (nSPS) is 19.9. The quantitative estimate of drug-likeness (QED) is 0.164. The summed E-state index contributed by atoms with van der Waals surface area (Å²) in [7, 11) is 0. The molecular weight excluding hydrogens is 717 g/mol. The number of allylic oxidation sites excluding steroid dienone is 3. The maximum absolute atomic E-state index is 6.99. The topological polar surface area (TPSA) is 54.2 Å². The van der Waals surface area contributed by atoms with Crippen molar-refractivity contribution in [3.63, 3.8) is 0 Å². The van der Waals surface area contributed by atoms with Crippen LogP contribution >= 0.6 is 11.3 Å². The van der Waals surface area contributed by atoms with Crippen LogP contribution in [0.1, 0.15) is 29.9 Å². The summed E-state index contributed by atoms with van der Waals surface area (Å²) in [6.45, 7) is 0. The Morgan fingerprint density at radius 2 is 1.25 bits per heavy atom. The number of aromatic nitrogens is 1. The molecule has 10 aromatic rings. The number of hydrogen-bond acceptors (Lipinski definition) is 5. The number of para-hydroxylation sites is 4. The fraction of sp³-hybridized carbons (Fsp3) is 0.0980. The molecule has 0 saturated carbocycles. The monoisotopic (exact) mass is 754 g/mol. The second kappa shape index (κ2) is 13.2. The fourth-order valence-corrected chi connectivity index (χ4v) is 10.5. The first kappa shape index (κ1) is 32.9. The van der Waals surface area contributed by atoms with E-state index >= 15 is 0 Å². The van der Waals surface area contributed by atoms with Gasteiger partial charge in [0, 0.05) is 53.2 Å². The van der Waals surface area contributed by atoms with E-state index < -0.39 is 0 Å². The maximum atomic E-state index is 6.99. The first-order valence-electron chi connectivity index (χ1n) is 19.8. The van der Waals surface area contributed by atoms with Crippen LogP contribution in [-0.2, 0) is 0 Å². The van der Waals surface area contributed by atoms with Gasteiger partial charge in [0.1, 0.15) is 5.58 Å². The minimum atomic E-state index is -0.0162. The molecular formula is C51H38N4OS. The van der Waals surface area contributed by atoms with Crippen molar-refractivity contribution >= 4 is 75.3 Å². The molecule has 4 atom stereocenters. The van der Waals surface area contributed by atoms with E-state index in [1.807, 2.05) is 11.3 Å². The smallest absolute Gasteiger partial charge is 0.159 e. The highest BCUT2D eigenvalue weighted by atomic mass is 32.1. The molecule has 0 amide bonds. The van der Waals surface area contributed by atoms with Gasteiger partial charge >= 0.3 is 0 Å². The summed E-state index contributed by atoms with van der Waals surface area (Å²) in [6.07, 6.45) is 10.0. The molecule has 12 rings (SSSR count). The molecule has 1 saturated heterocycles. The van der Waals surface area contributed by atoms with Crippen molar-refractivity contribution in [1.29, 1.82) is 0 Å². The lowest BCUT2D eigenvalue weighted by atomic mass is 9.94. The number of benzene rings is 7. The Kier molecular flexibility index (Phi) is 7.60. The van der Waals surface area contributed by atoms with Gasteiger partial charge in [-0.3, -0.25) is 16.0 Å². The molecule has 5 nitrogen and oxygen atoms in total. The van der Waals surface area contributed by atoms with E-state index in [1.54, 1.807) is 0 Å². The molecule has 0 radical (unpaired) electrons. The molecule has 6 heteroatoms. The van der Waals surface area contributed by atoms with Gasteiger partial charge in [0.25, 0.3) is 0 Å². The lowest BCUT2D eigenvalue weighted by Gasteiger charge is -2.42. The third-order valence-electron chi connectivity index (χ3n) is 12.1. The van der Waals surface area contributed by atoms with Crippen LogP contribution in [0.2, 0.25) is 0 Å². The van der Waals surface area contributed by atoms with Gasteiger partial charge in [-0.25, -0.2) is 0 Å². The summed E-state index contributed by atoms with van der Waals surface area (Å²) >= 11 is 1.86. The van der Waals surface area contributed by atoms with Gasteiger partial charge < -0.3 is 8.98 Å². The van der Waals surface area contributed by atoms with Crippen molar-refractivity contribution in [2.45, 2.75) is 24.9 Å². The van der Waals surface area contributed by atoms with Gasteiger partial charge in [0.05, 0.1) is 35.2 Å². The van der Waals surface area contributed by atoms with Gasteiger partial charge in [-0.1, -0.05) is 140 Å². The molecule has 4 unspecified atom stereocenters. The molecule has 0 spiro atoms. The van der Waals surface area contributed by atoms with E-state index in [1.165, 1.54) is 53.1 Å². The Balaban J connectivity index is 0.937. The predicted molar refractivity (Wildman–Crippen MR) is 238 cm³/mol. The van der Waals surface area contributed by atoms with Crippen LogP contribution in [0, 0.1) is 5.92 Å². The molecule has 7 aromatic carbocycles. The van der Waals surface area contributed by atoms with Crippen LogP contribution in [0.15, 0.2) is 180 Å². The number of fused-ring (bicyclic) bond motifs is 9. The number of nitrogens with one attached hydrogen (secondary N) is 3. The highest BCUT2D eigenvalue weighted by molar-refractivity contribution is 7.25. The molecule has 3 aromatic heterocycles. The number of nitrogens with zero attached hydrogens (tertiary/aromatic N) is 1. The summed E-state index contributed by atoms with van der Waals surface area (Å²) in [5.41, 5.74) is 9.94. The zero-order chi connectivity index (χ0) is 37.5. The molecule has 274 valence electrons.